The van der Waals surface area contributed by atoms with Gasteiger partial charge in [-0.25, -0.2) is 4.79 Å². The van der Waals surface area contributed by atoms with Crippen LogP contribution in [0.15, 0.2) is 24.3 Å². The standard InChI is InChI=1S/C10H12O4.Na.H/c1-2-7-5-3-4-6-8(7)9(11)10(12)14-13;;/h3-6,9,11,13H,2H2,1H3;;. The van der Waals surface area contributed by atoms with Crippen LogP contribution in [0, 0.1) is 0 Å². The summed E-state index contributed by atoms with van der Waals surface area (Å²) in [6, 6.07) is 6.96. The van der Waals surface area contributed by atoms with E-state index in [1.54, 1.807) is 12.1 Å². The number of benzene rings is 1. The molecule has 0 aromatic heterocycles. The molecule has 0 radical (unpaired) electrons. The van der Waals surface area contributed by atoms with E-state index in [2.05, 4.69) is 4.89 Å². The average Bonchev–Trinajstić information content (AvgIpc) is 2.26. The van der Waals surface area contributed by atoms with Gasteiger partial charge in [0.25, 0.3) is 0 Å². The van der Waals surface area contributed by atoms with Gasteiger partial charge in [-0.3, -0.25) is 4.89 Å². The Balaban J connectivity index is 0.00000196. The van der Waals surface area contributed by atoms with Crippen LogP contribution in [0.4, 0.5) is 0 Å². The quantitative estimate of drug-likeness (QED) is 0.446. The Labute approximate surface area is 110 Å². The third-order valence-electron chi connectivity index (χ3n) is 2.04. The maximum atomic E-state index is 10.9. The molecule has 0 saturated heterocycles. The second-order valence-electron chi connectivity index (χ2n) is 2.87. The Morgan fingerprint density at radius 1 is 1.47 bits per heavy atom. The molecule has 4 nitrogen and oxygen atoms in total. The summed E-state index contributed by atoms with van der Waals surface area (Å²) in [5.41, 5.74) is 1.32. The van der Waals surface area contributed by atoms with Gasteiger partial charge in [0.1, 0.15) is 0 Å². The zero-order chi connectivity index (χ0) is 10.6. The summed E-state index contributed by atoms with van der Waals surface area (Å²) in [5.74, 6) is -1.06. The van der Waals surface area contributed by atoms with Crippen LogP contribution in [0.25, 0.3) is 0 Å². The molecule has 0 aliphatic carbocycles. The summed E-state index contributed by atoms with van der Waals surface area (Å²) in [6.07, 6.45) is -0.720. The van der Waals surface area contributed by atoms with Crippen molar-refractivity contribution in [2.45, 2.75) is 19.4 Å². The molecule has 0 amide bonds. The predicted molar refractivity (Wildman–Crippen MR) is 56.6 cm³/mol. The predicted octanol–water partition coefficient (Wildman–Crippen LogP) is 0.650. The Hall–Kier alpha value is -0.390. The number of aliphatic hydroxyl groups is 1. The van der Waals surface area contributed by atoms with Gasteiger partial charge in [-0.15, -0.1) is 0 Å². The number of rotatable bonds is 3. The van der Waals surface area contributed by atoms with E-state index in [1.807, 2.05) is 19.1 Å². The van der Waals surface area contributed by atoms with Gasteiger partial charge in [0.05, 0.1) is 0 Å². The molecule has 0 bridgehead atoms. The number of aryl methyl sites for hydroxylation is 1. The van der Waals surface area contributed by atoms with E-state index in [4.69, 9.17) is 5.26 Å². The van der Waals surface area contributed by atoms with Crippen molar-refractivity contribution >= 4 is 35.5 Å². The molecule has 1 aromatic rings. The molecule has 5 heteroatoms. The fourth-order valence-corrected chi connectivity index (χ4v) is 1.30. The Morgan fingerprint density at radius 2 is 2.07 bits per heavy atom. The first kappa shape index (κ1) is 14.6. The maximum absolute atomic E-state index is 10.9. The third kappa shape index (κ3) is 3.59. The van der Waals surface area contributed by atoms with Crippen molar-refractivity contribution < 1.29 is 20.0 Å². The summed E-state index contributed by atoms with van der Waals surface area (Å²) >= 11 is 0. The van der Waals surface area contributed by atoms with Gasteiger partial charge in [-0.1, -0.05) is 31.2 Å². The Bertz CT molecular complexity index is 327. The summed E-state index contributed by atoms with van der Waals surface area (Å²) in [4.78, 5) is 14.3. The monoisotopic (exact) mass is 220 g/mol. The zero-order valence-corrected chi connectivity index (χ0v) is 7.80. The van der Waals surface area contributed by atoms with E-state index >= 15 is 0 Å². The van der Waals surface area contributed by atoms with Gasteiger partial charge < -0.3 is 5.11 Å². The van der Waals surface area contributed by atoms with E-state index in [0.29, 0.717) is 12.0 Å². The van der Waals surface area contributed by atoms with Crippen molar-refractivity contribution in [3.8, 4) is 0 Å². The summed E-state index contributed by atoms with van der Waals surface area (Å²) < 4.78 is 0. The first-order valence-corrected chi connectivity index (χ1v) is 4.31. The van der Waals surface area contributed by atoms with Gasteiger partial charge in [0.2, 0.25) is 0 Å². The van der Waals surface area contributed by atoms with Crippen LogP contribution in [0.3, 0.4) is 0 Å². The second-order valence-corrected chi connectivity index (χ2v) is 2.87. The van der Waals surface area contributed by atoms with Gasteiger partial charge in [0.15, 0.2) is 6.10 Å². The molecule has 1 unspecified atom stereocenters. The molecule has 15 heavy (non-hydrogen) atoms. The topological polar surface area (TPSA) is 66.8 Å². The van der Waals surface area contributed by atoms with Gasteiger partial charge >= 0.3 is 35.5 Å². The Kier molecular flexibility index (Phi) is 6.80. The SMILES string of the molecule is CCc1ccccc1C(O)C(=O)OO.[NaH]. The van der Waals surface area contributed by atoms with Crippen molar-refractivity contribution in [2.75, 3.05) is 0 Å². The molecular weight excluding hydrogens is 207 g/mol. The summed E-state index contributed by atoms with van der Waals surface area (Å²) in [7, 11) is 0. The minimum atomic E-state index is -1.42. The molecule has 78 valence electrons. The number of hydrogen-bond acceptors (Lipinski definition) is 4. The van der Waals surface area contributed by atoms with E-state index in [9.17, 15) is 9.90 Å². The van der Waals surface area contributed by atoms with Crippen molar-refractivity contribution in [2.24, 2.45) is 0 Å². The van der Waals surface area contributed by atoms with Crippen LogP contribution in [0.2, 0.25) is 0 Å². The first-order chi connectivity index (χ1) is 6.70. The van der Waals surface area contributed by atoms with Crippen LogP contribution < -0.4 is 0 Å². The van der Waals surface area contributed by atoms with E-state index in [0.717, 1.165) is 5.56 Å². The normalized spacial score (nSPS) is 11.4. The first-order valence-electron chi connectivity index (χ1n) is 4.31. The molecule has 0 fully saturated rings. The summed E-state index contributed by atoms with van der Waals surface area (Å²) in [5, 5.41) is 17.6. The minimum absolute atomic E-state index is 0. The van der Waals surface area contributed by atoms with Crippen LogP contribution in [-0.4, -0.2) is 45.9 Å². The number of carbonyl (C=O) groups is 1. The zero-order valence-electron chi connectivity index (χ0n) is 7.80. The molecule has 0 saturated carbocycles. The molecule has 1 rings (SSSR count). The molecule has 0 spiro atoms. The van der Waals surface area contributed by atoms with Crippen molar-refractivity contribution in [3.05, 3.63) is 35.4 Å². The van der Waals surface area contributed by atoms with E-state index in [1.165, 1.54) is 0 Å². The van der Waals surface area contributed by atoms with Gasteiger partial charge in [-0.2, -0.15) is 5.26 Å². The molecular formula is C10H13NaO4. The second kappa shape index (κ2) is 6.98. The third-order valence-corrected chi connectivity index (χ3v) is 2.04. The van der Waals surface area contributed by atoms with Gasteiger partial charge in [0, 0.05) is 0 Å². The van der Waals surface area contributed by atoms with E-state index < -0.39 is 12.1 Å². The molecule has 1 aromatic carbocycles. The fourth-order valence-electron chi connectivity index (χ4n) is 1.30. The van der Waals surface area contributed by atoms with Crippen LogP contribution in [0.5, 0.6) is 0 Å². The average molecular weight is 220 g/mol. The Morgan fingerprint density at radius 3 is 2.60 bits per heavy atom. The molecule has 1 atom stereocenters. The molecule has 0 aliphatic rings. The van der Waals surface area contributed by atoms with Crippen LogP contribution >= 0.6 is 0 Å². The van der Waals surface area contributed by atoms with Crippen LogP contribution in [0.1, 0.15) is 24.2 Å². The molecule has 2 N–H and O–H groups in total. The number of aliphatic hydroxyl groups excluding tert-OH is 1. The van der Waals surface area contributed by atoms with Crippen molar-refractivity contribution in [1.82, 2.24) is 0 Å². The number of carbonyl (C=O) groups excluding carboxylic acids is 1. The van der Waals surface area contributed by atoms with Crippen LogP contribution in [-0.2, 0) is 16.1 Å². The van der Waals surface area contributed by atoms with E-state index in [-0.39, 0.29) is 29.6 Å². The fraction of sp³-hybridized carbons (Fsp3) is 0.300. The molecule has 0 aliphatic heterocycles. The molecule has 0 heterocycles. The van der Waals surface area contributed by atoms with Crippen molar-refractivity contribution in [3.63, 3.8) is 0 Å². The van der Waals surface area contributed by atoms with Crippen molar-refractivity contribution in [1.29, 1.82) is 0 Å². The van der Waals surface area contributed by atoms with Gasteiger partial charge in [-0.05, 0) is 17.5 Å². The summed E-state index contributed by atoms with van der Waals surface area (Å²) in [6.45, 7) is 1.91. The number of hydrogen-bond donors (Lipinski definition) is 2.